The van der Waals surface area contributed by atoms with Crippen molar-refractivity contribution in [2.75, 3.05) is 0 Å². The summed E-state index contributed by atoms with van der Waals surface area (Å²) in [5.41, 5.74) is 2.92. The predicted molar refractivity (Wildman–Crippen MR) is 65.7 cm³/mol. The number of hydrazine groups is 1. The van der Waals surface area contributed by atoms with E-state index in [-0.39, 0.29) is 17.6 Å². The molecule has 6 nitrogen and oxygen atoms in total. The maximum absolute atomic E-state index is 11.7. The summed E-state index contributed by atoms with van der Waals surface area (Å²) in [6, 6.07) is 5.13. The molecular formula is C12H17N3O3. The number of carbonyl (C=O) groups is 1. The van der Waals surface area contributed by atoms with Gasteiger partial charge < -0.3 is 9.30 Å². The van der Waals surface area contributed by atoms with E-state index in [0.29, 0.717) is 13.0 Å². The molecule has 2 atom stereocenters. The van der Waals surface area contributed by atoms with Gasteiger partial charge in [-0.1, -0.05) is 6.07 Å². The van der Waals surface area contributed by atoms with Crippen molar-refractivity contribution in [2.45, 2.75) is 38.5 Å². The lowest BCUT2D eigenvalue weighted by molar-refractivity contribution is -0.132. The number of amides is 1. The van der Waals surface area contributed by atoms with E-state index in [1.807, 2.05) is 13.0 Å². The molecule has 1 aliphatic heterocycles. The van der Waals surface area contributed by atoms with Crippen LogP contribution in [-0.4, -0.2) is 22.7 Å². The third kappa shape index (κ3) is 2.60. The van der Waals surface area contributed by atoms with Crippen molar-refractivity contribution in [2.24, 2.45) is 5.84 Å². The summed E-state index contributed by atoms with van der Waals surface area (Å²) in [7, 11) is 0. The number of nitrogens with one attached hydrogen (secondary N) is 1. The molecule has 1 saturated heterocycles. The summed E-state index contributed by atoms with van der Waals surface area (Å²) in [4.78, 5) is 23.0. The van der Waals surface area contributed by atoms with Crippen molar-refractivity contribution in [1.82, 2.24) is 9.99 Å². The van der Waals surface area contributed by atoms with Crippen molar-refractivity contribution in [3.8, 4) is 0 Å². The molecule has 0 spiro atoms. The summed E-state index contributed by atoms with van der Waals surface area (Å²) in [6.45, 7) is 2.35. The van der Waals surface area contributed by atoms with Crippen LogP contribution in [0.15, 0.2) is 23.0 Å². The van der Waals surface area contributed by atoms with Crippen LogP contribution in [0.5, 0.6) is 0 Å². The SMILES string of the molecule is Cc1cccc(=O)n1CC1CCC(C(=O)NN)O1. The number of nitrogens with two attached hydrogens (primary N) is 1. The zero-order valence-corrected chi connectivity index (χ0v) is 10.3. The van der Waals surface area contributed by atoms with E-state index in [2.05, 4.69) is 5.43 Å². The summed E-state index contributed by atoms with van der Waals surface area (Å²) < 4.78 is 7.24. The van der Waals surface area contributed by atoms with Crippen LogP contribution in [0.25, 0.3) is 0 Å². The molecule has 2 unspecified atom stereocenters. The largest absolute Gasteiger partial charge is 0.363 e. The number of carbonyl (C=O) groups excluding carboxylic acids is 1. The first kappa shape index (κ1) is 12.8. The van der Waals surface area contributed by atoms with Crippen LogP contribution in [0.3, 0.4) is 0 Å². The Bertz CT molecular complexity index is 498. The first-order valence-electron chi connectivity index (χ1n) is 5.94. The minimum atomic E-state index is -0.500. The second-order valence-corrected chi connectivity index (χ2v) is 4.45. The van der Waals surface area contributed by atoms with Gasteiger partial charge in [0.1, 0.15) is 6.10 Å². The fourth-order valence-electron chi connectivity index (χ4n) is 2.19. The number of hydrogen-bond acceptors (Lipinski definition) is 4. The molecule has 1 aliphatic rings. The van der Waals surface area contributed by atoms with Gasteiger partial charge in [-0.2, -0.15) is 0 Å². The number of nitrogens with zero attached hydrogens (tertiary/aromatic N) is 1. The van der Waals surface area contributed by atoms with E-state index in [9.17, 15) is 9.59 Å². The van der Waals surface area contributed by atoms with Crippen LogP contribution in [0.4, 0.5) is 0 Å². The van der Waals surface area contributed by atoms with Gasteiger partial charge in [0.15, 0.2) is 0 Å². The molecule has 0 aliphatic carbocycles. The van der Waals surface area contributed by atoms with E-state index >= 15 is 0 Å². The average molecular weight is 251 g/mol. The second-order valence-electron chi connectivity index (χ2n) is 4.45. The first-order chi connectivity index (χ1) is 8.61. The summed E-state index contributed by atoms with van der Waals surface area (Å²) >= 11 is 0. The standard InChI is InChI=1S/C12H17N3O3/c1-8-3-2-4-11(16)15(8)7-9-5-6-10(18-9)12(17)14-13/h2-4,9-10H,5-7,13H2,1H3,(H,14,17). The average Bonchev–Trinajstić information content (AvgIpc) is 2.81. The van der Waals surface area contributed by atoms with Crippen LogP contribution in [0, 0.1) is 6.92 Å². The topological polar surface area (TPSA) is 86.4 Å². The zero-order valence-electron chi connectivity index (χ0n) is 10.3. The maximum atomic E-state index is 11.7. The highest BCUT2D eigenvalue weighted by atomic mass is 16.5. The fraction of sp³-hybridized carbons (Fsp3) is 0.500. The van der Waals surface area contributed by atoms with Crippen molar-refractivity contribution >= 4 is 5.91 Å². The van der Waals surface area contributed by atoms with Crippen molar-refractivity contribution in [1.29, 1.82) is 0 Å². The van der Waals surface area contributed by atoms with Crippen molar-refractivity contribution in [3.63, 3.8) is 0 Å². The van der Waals surface area contributed by atoms with E-state index in [4.69, 9.17) is 10.6 Å². The Labute approximate surface area is 105 Å². The predicted octanol–water partition coefficient (Wildman–Crippen LogP) is -0.306. The minimum absolute atomic E-state index is 0.0506. The van der Waals surface area contributed by atoms with Gasteiger partial charge in [0.05, 0.1) is 12.6 Å². The van der Waals surface area contributed by atoms with Crippen molar-refractivity contribution < 1.29 is 9.53 Å². The molecule has 6 heteroatoms. The zero-order chi connectivity index (χ0) is 13.1. The highest BCUT2D eigenvalue weighted by Crippen LogP contribution is 2.21. The Hall–Kier alpha value is -1.66. The van der Waals surface area contributed by atoms with Gasteiger partial charge in [0, 0.05) is 11.8 Å². The van der Waals surface area contributed by atoms with Crippen LogP contribution >= 0.6 is 0 Å². The number of ether oxygens (including phenoxy) is 1. The first-order valence-corrected chi connectivity index (χ1v) is 5.94. The number of hydrogen-bond donors (Lipinski definition) is 2. The maximum Gasteiger partial charge on any atom is 0.263 e. The highest BCUT2D eigenvalue weighted by molar-refractivity contribution is 5.80. The normalized spacial score (nSPS) is 23.0. The Balaban J connectivity index is 2.04. The Kier molecular flexibility index (Phi) is 3.78. The van der Waals surface area contributed by atoms with Gasteiger partial charge in [-0.25, -0.2) is 5.84 Å². The van der Waals surface area contributed by atoms with Gasteiger partial charge >= 0.3 is 0 Å². The molecular weight excluding hydrogens is 234 g/mol. The lowest BCUT2D eigenvalue weighted by Gasteiger charge is -2.15. The summed E-state index contributed by atoms with van der Waals surface area (Å²) in [5, 5.41) is 0. The highest BCUT2D eigenvalue weighted by Gasteiger charge is 2.30. The molecule has 0 radical (unpaired) electrons. The number of pyridine rings is 1. The third-order valence-corrected chi connectivity index (χ3v) is 3.20. The molecule has 18 heavy (non-hydrogen) atoms. The molecule has 0 saturated carbocycles. The van der Waals surface area contributed by atoms with Crippen molar-refractivity contribution in [3.05, 3.63) is 34.2 Å². The van der Waals surface area contributed by atoms with E-state index in [1.54, 1.807) is 10.6 Å². The number of aromatic nitrogens is 1. The molecule has 1 aromatic heterocycles. The number of aryl methyl sites for hydroxylation is 1. The Morgan fingerprint density at radius 2 is 2.33 bits per heavy atom. The summed E-state index contributed by atoms with van der Waals surface area (Å²) in [5.74, 6) is 4.75. The molecule has 3 N–H and O–H groups in total. The van der Waals surface area contributed by atoms with Gasteiger partial charge in [-0.15, -0.1) is 0 Å². The molecule has 0 bridgehead atoms. The molecule has 1 amide bonds. The molecule has 2 heterocycles. The van der Waals surface area contributed by atoms with E-state index in [1.165, 1.54) is 6.07 Å². The molecule has 1 fully saturated rings. The molecule has 0 aromatic carbocycles. The van der Waals surface area contributed by atoms with Crippen LogP contribution < -0.4 is 16.8 Å². The van der Waals surface area contributed by atoms with Gasteiger partial charge in [-0.05, 0) is 25.8 Å². The van der Waals surface area contributed by atoms with E-state index in [0.717, 1.165) is 12.1 Å². The Morgan fingerprint density at radius 3 is 3.00 bits per heavy atom. The lowest BCUT2D eigenvalue weighted by atomic mass is 10.2. The van der Waals surface area contributed by atoms with Crippen LogP contribution in [0.2, 0.25) is 0 Å². The smallest absolute Gasteiger partial charge is 0.263 e. The summed E-state index contributed by atoms with van der Waals surface area (Å²) in [6.07, 6.45) is 0.763. The molecule has 1 aromatic rings. The van der Waals surface area contributed by atoms with Crippen LogP contribution in [0.1, 0.15) is 18.5 Å². The second kappa shape index (κ2) is 5.32. The fourth-order valence-corrected chi connectivity index (χ4v) is 2.19. The quantitative estimate of drug-likeness (QED) is 0.438. The van der Waals surface area contributed by atoms with E-state index < -0.39 is 6.10 Å². The monoisotopic (exact) mass is 251 g/mol. The van der Waals surface area contributed by atoms with Crippen LogP contribution in [-0.2, 0) is 16.1 Å². The minimum Gasteiger partial charge on any atom is -0.363 e. The number of rotatable bonds is 3. The molecule has 2 rings (SSSR count). The Morgan fingerprint density at radius 1 is 1.56 bits per heavy atom. The molecule has 98 valence electrons. The van der Waals surface area contributed by atoms with Gasteiger partial charge in [0.2, 0.25) is 0 Å². The lowest BCUT2D eigenvalue weighted by Crippen LogP contribution is -2.39. The van der Waals surface area contributed by atoms with Gasteiger partial charge in [0.25, 0.3) is 11.5 Å². The van der Waals surface area contributed by atoms with Gasteiger partial charge in [-0.3, -0.25) is 15.0 Å². The third-order valence-electron chi connectivity index (χ3n) is 3.20.